The van der Waals surface area contributed by atoms with Crippen LogP contribution >= 0.6 is 11.8 Å². The summed E-state index contributed by atoms with van der Waals surface area (Å²) in [5, 5.41) is 3.90. The fraction of sp³-hybridized carbons (Fsp3) is 0.643. The van der Waals surface area contributed by atoms with Gasteiger partial charge >= 0.3 is 5.97 Å². The van der Waals surface area contributed by atoms with Gasteiger partial charge in [-0.3, -0.25) is 9.59 Å². The second-order valence-electron chi connectivity index (χ2n) is 5.07. The molecule has 0 saturated heterocycles. The third-order valence-electron chi connectivity index (χ3n) is 3.08. The molecule has 21 heavy (non-hydrogen) atoms. The van der Waals surface area contributed by atoms with Gasteiger partial charge in [0.2, 0.25) is 0 Å². The first-order chi connectivity index (χ1) is 10.1. The number of aromatic amines is 1. The van der Waals surface area contributed by atoms with Crippen molar-refractivity contribution in [3.8, 4) is 0 Å². The number of H-pyrrole nitrogens is 1. The van der Waals surface area contributed by atoms with Gasteiger partial charge in [-0.25, -0.2) is 4.98 Å². The molecule has 0 spiro atoms. The molecule has 1 saturated carbocycles. The molecule has 1 fully saturated rings. The Morgan fingerprint density at radius 1 is 1.62 bits per heavy atom. The SMILES string of the molecule is CCOC(=O)C(CCSc1nc(C)cc(=O)[nH]1)NC1CC1. The molecule has 1 atom stereocenters. The average molecular weight is 311 g/mol. The summed E-state index contributed by atoms with van der Waals surface area (Å²) in [6.07, 6.45) is 2.89. The number of nitrogens with one attached hydrogen (secondary N) is 2. The van der Waals surface area contributed by atoms with E-state index in [0.29, 0.717) is 35.7 Å². The standard InChI is InChI=1S/C14H21N3O3S/c1-3-20-13(19)11(16-10-4-5-10)6-7-21-14-15-9(2)8-12(18)17-14/h8,10-11,16H,3-7H2,1-2H3,(H,15,17,18). The summed E-state index contributed by atoms with van der Waals surface area (Å²) in [4.78, 5) is 30.2. The van der Waals surface area contributed by atoms with Gasteiger partial charge in [0.25, 0.3) is 5.56 Å². The van der Waals surface area contributed by atoms with E-state index >= 15 is 0 Å². The Hall–Kier alpha value is -1.34. The van der Waals surface area contributed by atoms with Crippen molar-refractivity contribution in [2.75, 3.05) is 12.4 Å². The molecule has 7 heteroatoms. The van der Waals surface area contributed by atoms with Crippen molar-refractivity contribution in [1.29, 1.82) is 0 Å². The summed E-state index contributed by atoms with van der Waals surface area (Å²) in [6.45, 7) is 3.99. The summed E-state index contributed by atoms with van der Waals surface area (Å²) in [5.41, 5.74) is 0.544. The predicted octanol–water partition coefficient (Wildman–Crippen LogP) is 1.24. The first-order valence-corrected chi connectivity index (χ1v) is 8.20. The summed E-state index contributed by atoms with van der Waals surface area (Å²) < 4.78 is 5.09. The third-order valence-corrected chi connectivity index (χ3v) is 3.99. The molecule has 1 heterocycles. The first kappa shape index (κ1) is 16.0. The van der Waals surface area contributed by atoms with Crippen molar-refractivity contribution in [2.45, 2.75) is 50.4 Å². The Labute approximate surface area is 128 Å². The van der Waals surface area contributed by atoms with E-state index < -0.39 is 0 Å². The minimum Gasteiger partial charge on any atom is -0.465 e. The van der Waals surface area contributed by atoms with Crippen molar-refractivity contribution < 1.29 is 9.53 Å². The van der Waals surface area contributed by atoms with Crippen LogP contribution in [0.25, 0.3) is 0 Å². The monoisotopic (exact) mass is 311 g/mol. The molecule has 1 aromatic rings. The van der Waals surface area contributed by atoms with Crippen molar-refractivity contribution in [3.05, 3.63) is 22.1 Å². The van der Waals surface area contributed by atoms with Crippen LogP contribution in [-0.4, -0.2) is 40.4 Å². The van der Waals surface area contributed by atoms with Crippen LogP contribution < -0.4 is 10.9 Å². The number of aryl methyl sites for hydroxylation is 1. The van der Waals surface area contributed by atoms with Crippen LogP contribution in [-0.2, 0) is 9.53 Å². The van der Waals surface area contributed by atoms with E-state index in [2.05, 4.69) is 15.3 Å². The second-order valence-corrected chi connectivity index (χ2v) is 6.16. The third kappa shape index (κ3) is 5.51. The van der Waals surface area contributed by atoms with E-state index in [1.165, 1.54) is 17.8 Å². The zero-order valence-corrected chi connectivity index (χ0v) is 13.2. The fourth-order valence-corrected chi connectivity index (χ4v) is 2.87. The number of hydrogen-bond donors (Lipinski definition) is 2. The Morgan fingerprint density at radius 3 is 3.00 bits per heavy atom. The van der Waals surface area contributed by atoms with E-state index in [4.69, 9.17) is 4.74 Å². The lowest BCUT2D eigenvalue weighted by Gasteiger charge is -2.16. The molecule has 2 N–H and O–H groups in total. The zero-order valence-electron chi connectivity index (χ0n) is 12.3. The maximum atomic E-state index is 11.9. The van der Waals surface area contributed by atoms with Crippen molar-refractivity contribution in [1.82, 2.24) is 15.3 Å². The maximum absolute atomic E-state index is 11.9. The van der Waals surface area contributed by atoms with Gasteiger partial charge in [-0.05, 0) is 33.1 Å². The van der Waals surface area contributed by atoms with Gasteiger partial charge in [-0.15, -0.1) is 0 Å². The number of esters is 1. The highest BCUT2D eigenvalue weighted by Gasteiger charge is 2.28. The van der Waals surface area contributed by atoms with Gasteiger partial charge in [-0.2, -0.15) is 0 Å². The van der Waals surface area contributed by atoms with E-state index in [-0.39, 0.29) is 17.6 Å². The lowest BCUT2D eigenvalue weighted by Crippen LogP contribution is -2.39. The predicted molar refractivity (Wildman–Crippen MR) is 81.5 cm³/mol. The van der Waals surface area contributed by atoms with Gasteiger partial charge in [0, 0.05) is 23.6 Å². The van der Waals surface area contributed by atoms with E-state index in [0.717, 1.165) is 12.8 Å². The summed E-state index contributed by atoms with van der Waals surface area (Å²) in [5.74, 6) is 0.492. The van der Waals surface area contributed by atoms with Crippen LogP contribution in [0.5, 0.6) is 0 Å². The molecule has 1 aliphatic rings. The highest BCUT2D eigenvalue weighted by atomic mass is 32.2. The number of hydrogen-bond acceptors (Lipinski definition) is 6. The molecule has 0 bridgehead atoms. The summed E-state index contributed by atoms with van der Waals surface area (Å²) >= 11 is 1.45. The molecule has 0 amide bonds. The molecular weight excluding hydrogens is 290 g/mol. The van der Waals surface area contributed by atoms with Gasteiger partial charge in [-0.1, -0.05) is 11.8 Å². The highest BCUT2D eigenvalue weighted by Crippen LogP contribution is 2.21. The Morgan fingerprint density at radius 2 is 2.38 bits per heavy atom. The molecule has 0 radical (unpaired) electrons. The first-order valence-electron chi connectivity index (χ1n) is 7.22. The summed E-state index contributed by atoms with van der Waals surface area (Å²) in [7, 11) is 0. The van der Waals surface area contributed by atoms with Crippen LogP contribution in [0.4, 0.5) is 0 Å². The minimum absolute atomic E-state index is 0.150. The normalized spacial score (nSPS) is 15.7. The zero-order chi connectivity index (χ0) is 15.2. The van der Waals surface area contributed by atoms with Crippen LogP contribution in [0.15, 0.2) is 16.0 Å². The second kappa shape index (κ2) is 7.61. The lowest BCUT2D eigenvalue weighted by atomic mass is 10.2. The highest BCUT2D eigenvalue weighted by molar-refractivity contribution is 7.99. The van der Waals surface area contributed by atoms with E-state index in [1.807, 2.05) is 6.92 Å². The Kier molecular flexibility index (Phi) is 5.81. The number of nitrogens with zero attached hydrogens (tertiary/aromatic N) is 1. The molecule has 0 aliphatic heterocycles. The molecular formula is C14H21N3O3S. The van der Waals surface area contributed by atoms with Crippen molar-refractivity contribution in [2.24, 2.45) is 0 Å². The van der Waals surface area contributed by atoms with Crippen molar-refractivity contribution in [3.63, 3.8) is 0 Å². The largest absolute Gasteiger partial charge is 0.465 e. The minimum atomic E-state index is -0.276. The van der Waals surface area contributed by atoms with E-state index in [9.17, 15) is 9.59 Å². The smallest absolute Gasteiger partial charge is 0.323 e. The van der Waals surface area contributed by atoms with Gasteiger partial charge < -0.3 is 15.0 Å². The quantitative estimate of drug-likeness (QED) is 0.427. The number of ether oxygens (including phenoxy) is 1. The van der Waals surface area contributed by atoms with Gasteiger partial charge in [0.05, 0.1) is 6.61 Å². The van der Waals surface area contributed by atoms with Crippen LogP contribution in [0.3, 0.4) is 0 Å². The molecule has 6 nitrogen and oxygen atoms in total. The Bertz CT molecular complexity index is 543. The molecule has 116 valence electrons. The van der Waals surface area contributed by atoms with Crippen LogP contribution in [0, 0.1) is 6.92 Å². The molecule has 0 aromatic carbocycles. The topological polar surface area (TPSA) is 84.1 Å². The fourth-order valence-electron chi connectivity index (χ4n) is 1.94. The maximum Gasteiger partial charge on any atom is 0.323 e. The number of thioether (sulfide) groups is 1. The van der Waals surface area contributed by atoms with Gasteiger partial charge in [0.1, 0.15) is 6.04 Å². The van der Waals surface area contributed by atoms with Crippen LogP contribution in [0.2, 0.25) is 0 Å². The average Bonchev–Trinajstić information content (AvgIpc) is 3.20. The summed E-state index contributed by atoms with van der Waals surface area (Å²) in [6, 6.07) is 1.63. The number of carbonyl (C=O) groups excluding carboxylic acids is 1. The number of aromatic nitrogens is 2. The molecule has 1 aliphatic carbocycles. The molecule has 1 unspecified atom stereocenters. The number of carbonyl (C=O) groups is 1. The van der Waals surface area contributed by atoms with Gasteiger partial charge in [0.15, 0.2) is 5.16 Å². The van der Waals surface area contributed by atoms with Crippen molar-refractivity contribution >= 4 is 17.7 Å². The van der Waals surface area contributed by atoms with Crippen LogP contribution in [0.1, 0.15) is 31.9 Å². The van der Waals surface area contributed by atoms with E-state index in [1.54, 1.807) is 6.92 Å². The Balaban J connectivity index is 1.85. The molecule has 1 aromatic heterocycles. The number of rotatable bonds is 8. The molecule has 2 rings (SSSR count). The lowest BCUT2D eigenvalue weighted by molar-refractivity contribution is -0.145.